The van der Waals surface area contributed by atoms with E-state index in [4.69, 9.17) is 4.42 Å². The third-order valence-electron chi connectivity index (χ3n) is 4.75. The number of benzene rings is 1. The summed E-state index contributed by atoms with van der Waals surface area (Å²) in [4.78, 5) is 36.1. The Morgan fingerprint density at radius 3 is 2.38 bits per heavy atom. The minimum absolute atomic E-state index is 0.0119. The summed E-state index contributed by atoms with van der Waals surface area (Å²) in [7, 11) is 0. The number of carbonyl (C=O) groups is 3. The maximum atomic E-state index is 12.5. The van der Waals surface area contributed by atoms with Crippen LogP contribution in [-0.2, 0) is 4.79 Å². The van der Waals surface area contributed by atoms with Gasteiger partial charge in [0.1, 0.15) is 9.88 Å². The predicted octanol–water partition coefficient (Wildman–Crippen LogP) is 4.83. The second-order valence-corrected chi connectivity index (χ2v) is 8.70. The number of amides is 1. The number of aromatic nitrogens is 2. The highest BCUT2D eigenvalue weighted by Gasteiger charge is 2.31. The maximum absolute atomic E-state index is 12.5. The molecule has 3 aromatic rings. The van der Waals surface area contributed by atoms with E-state index in [2.05, 4.69) is 15.5 Å². The molecule has 0 unspecified atom stereocenters. The van der Waals surface area contributed by atoms with Gasteiger partial charge in [0.25, 0.3) is 5.22 Å². The average molecular weight is 476 g/mol. The molecule has 32 heavy (non-hydrogen) atoms. The number of nitrogens with zero attached hydrogens (tertiary/aromatic N) is 2. The fraction of sp³-hybridized carbons (Fsp3) is 0.286. The van der Waals surface area contributed by atoms with Crippen molar-refractivity contribution in [2.45, 2.75) is 37.8 Å². The molecule has 0 saturated heterocycles. The fourth-order valence-electron chi connectivity index (χ4n) is 3.25. The van der Waals surface area contributed by atoms with Crippen LogP contribution in [0.3, 0.4) is 0 Å². The van der Waals surface area contributed by atoms with Gasteiger partial charge in [0.15, 0.2) is 0 Å². The first kappa shape index (κ1) is 23.5. The lowest BCUT2D eigenvalue weighted by molar-refractivity contribution is -0.113. The summed E-state index contributed by atoms with van der Waals surface area (Å²) in [5, 5.41) is 29.9. The molecule has 2 aromatic heterocycles. The number of thiophene rings is 1. The number of nitrogens with one attached hydrogen (secondary N) is 1. The second-order valence-electron chi connectivity index (χ2n) is 6.75. The molecule has 2 heterocycles. The van der Waals surface area contributed by atoms with Gasteiger partial charge in [0.2, 0.25) is 11.8 Å². The normalized spacial score (nSPS) is 11.0. The summed E-state index contributed by atoms with van der Waals surface area (Å²) in [5.41, 5.74) is 0.840. The zero-order valence-corrected chi connectivity index (χ0v) is 19.0. The third-order valence-corrected chi connectivity index (χ3v) is 6.68. The minimum Gasteiger partial charge on any atom is -0.478 e. The van der Waals surface area contributed by atoms with Gasteiger partial charge in [-0.15, -0.1) is 21.5 Å². The Morgan fingerprint density at radius 2 is 1.78 bits per heavy atom. The molecule has 0 fully saturated rings. The molecule has 3 rings (SSSR count). The highest BCUT2D eigenvalue weighted by atomic mass is 32.2. The summed E-state index contributed by atoms with van der Waals surface area (Å²) in [6, 6.07) is 9.16. The van der Waals surface area contributed by atoms with Crippen molar-refractivity contribution in [3.63, 3.8) is 0 Å². The van der Waals surface area contributed by atoms with Gasteiger partial charge in [0, 0.05) is 5.56 Å². The number of carboxylic acid groups (broad SMARTS) is 2. The molecule has 11 heteroatoms. The van der Waals surface area contributed by atoms with E-state index < -0.39 is 17.8 Å². The van der Waals surface area contributed by atoms with Crippen molar-refractivity contribution in [1.29, 1.82) is 0 Å². The Hall–Kier alpha value is -3.18. The molecule has 1 aromatic carbocycles. The Morgan fingerprint density at radius 1 is 1.09 bits per heavy atom. The first-order valence-corrected chi connectivity index (χ1v) is 11.6. The van der Waals surface area contributed by atoms with Gasteiger partial charge < -0.3 is 19.9 Å². The van der Waals surface area contributed by atoms with Crippen molar-refractivity contribution in [1.82, 2.24) is 10.2 Å². The van der Waals surface area contributed by atoms with E-state index in [9.17, 15) is 24.6 Å². The minimum atomic E-state index is -1.27. The van der Waals surface area contributed by atoms with E-state index in [1.165, 1.54) is 0 Å². The average Bonchev–Trinajstić information content (AvgIpc) is 3.39. The first-order valence-electron chi connectivity index (χ1n) is 9.80. The number of anilines is 1. The van der Waals surface area contributed by atoms with E-state index in [-0.39, 0.29) is 37.9 Å². The maximum Gasteiger partial charge on any atom is 0.346 e. The molecule has 0 radical (unpaired) electrons. The topological polar surface area (TPSA) is 143 Å². The van der Waals surface area contributed by atoms with Gasteiger partial charge in [-0.3, -0.25) is 4.79 Å². The number of hydrogen-bond acceptors (Lipinski definition) is 8. The molecule has 1 amide bonds. The first-order chi connectivity index (χ1) is 15.3. The van der Waals surface area contributed by atoms with Crippen molar-refractivity contribution in [3.05, 3.63) is 46.3 Å². The van der Waals surface area contributed by atoms with Gasteiger partial charge in [-0.2, -0.15) is 0 Å². The molecule has 0 atom stereocenters. The number of rotatable bonds is 10. The van der Waals surface area contributed by atoms with E-state index in [1.807, 2.05) is 44.2 Å². The lowest BCUT2D eigenvalue weighted by Gasteiger charge is -2.14. The summed E-state index contributed by atoms with van der Waals surface area (Å²) >= 11 is 1.76. The largest absolute Gasteiger partial charge is 0.478 e. The van der Waals surface area contributed by atoms with Crippen LogP contribution in [0.4, 0.5) is 5.00 Å². The standard InChI is InChI=1S/C21H21N3O6S2/c1-3-11(4-2)14-15(19(26)27)18(32-16(14)20(28)29)22-13(25)10-31-21-24-23-17(30-21)12-8-6-5-7-9-12/h5-9,11H,3-4,10H2,1-2H3,(H,22,25)(H,26,27)(H,28,29). The number of carbonyl (C=O) groups excluding carboxylic acids is 1. The predicted molar refractivity (Wildman–Crippen MR) is 121 cm³/mol. The van der Waals surface area contributed by atoms with Crippen molar-refractivity contribution in [2.24, 2.45) is 0 Å². The smallest absolute Gasteiger partial charge is 0.346 e. The van der Waals surface area contributed by atoms with Gasteiger partial charge >= 0.3 is 11.9 Å². The number of carboxylic acids is 2. The summed E-state index contributed by atoms with van der Waals surface area (Å²) in [6.07, 6.45) is 1.16. The van der Waals surface area contributed by atoms with Crippen LogP contribution in [0, 0.1) is 0 Å². The molecule has 3 N–H and O–H groups in total. The highest BCUT2D eigenvalue weighted by Crippen LogP contribution is 2.40. The van der Waals surface area contributed by atoms with Crippen LogP contribution in [0.5, 0.6) is 0 Å². The van der Waals surface area contributed by atoms with Gasteiger partial charge in [0.05, 0.1) is 11.3 Å². The van der Waals surface area contributed by atoms with Crippen LogP contribution in [0.1, 0.15) is 58.2 Å². The Bertz CT molecular complexity index is 1120. The lowest BCUT2D eigenvalue weighted by Crippen LogP contribution is -2.16. The molecule has 0 aliphatic rings. The zero-order valence-electron chi connectivity index (χ0n) is 17.3. The molecule has 0 aliphatic carbocycles. The van der Waals surface area contributed by atoms with Crippen molar-refractivity contribution < 1.29 is 29.0 Å². The SMILES string of the molecule is CCC(CC)c1c(C(=O)O)sc(NC(=O)CSc2nnc(-c3ccccc3)o2)c1C(=O)O. The Kier molecular flexibility index (Phi) is 7.65. The Labute approximate surface area is 191 Å². The number of hydrogen-bond donors (Lipinski definition) is 3. The number of aromatic carboxylic acids is 2. The van der Waals surface area contributed by atoms with Crippen LogP contribution >= 0.6 is 23.1 Å². The fourth-order valence-corrected chi connectivity index (χ4v) is 4.94. The molecule has 0 saturated carbocycles. The zero-order chi connectivity index (χ0) is 23.3. The van der Waals surface area contributed by atoms with Crippen LogP contribution in [0.25, 0.3) is 11.5 Å². The van der Waals surface area contributed by atoms with E-state index in [1.54, 1.807) is 0 Å². The number of thioether (sulfide) groups is 1. The van der Waals surface area contributed by atoms with E-state index in [0.717, 1.165) is 28.7 Å². The van der Waals surface area contributed by atoms with Crippen LogP contribution in [0.15, 0.2) is 40.0 Å². The molecule has 9 nitrogen and oxygen atoms in total. The summed E-state index contributed by atoms with van der Waals surface area (Å²) in [6.45, 7) is 3.73. The molecular formula is C21H21N3O6S2. The van der Waals surface area contributed by atoms with Crippen molar-refractivity contribution >= 4 is 45.9 Å². The van der Waals surface area contributed by atoms with Gasteiger partial charge in [-0.25, -0.2) is 9.59 Å². The van der Waals surface area contributed by atoms with Crippen molar-refractivity contribution in [2.75, 3.05) is 11.1 Å². The molecule has 0 aliphatic heterocycles. The van der Waals surface area contributed by atoms with Crippen LogP contribution < -0.4 is 5.32 Å². The highest BCUT2D eigenvalue weighted by molar-refractivity contribution is 7.99. The van der Waals surface area contributed by atoms with Crippen LogP contribution in [0.2, 0.25) is 0 Å². The molecule has 168 valence electrons. The quantitative estimate of drug-likeness (QED) is 0.351. The van der Waals surface area contributed by atoms with Gasteiger partial charge in [-0.1, -0.05) is 43.8 Å². The second kappa shape index (κ2) is 10.4. The van der Waals surface area contributed by atoms with Crippen LogP contribution in [-0.4, -0.2) is 44.0 Å². The summed E-state index contributed by atoms with van der Waals surface area (Å²) < 4.78 is 5.54. The molecule has 0 spiro atoms. The monoisotopic (exact) mass is 475 g/mol. The van der Waals surface area contributed by atoms with E-state index >= 15 is 0 Å². The molecule has 0 bridgehead atoms. The molecular weight excluding hydrogens is 454 g/mol. The Balaban J connectivity index is 1.76. The van der Waals surface area contributed by atoms with Crippen molar-refractivity contribution in [3.8, 4) is 11.5 Å². The summed E-state index contributed by atoms with van der Waals surface area (Å²) in [5.74, 6) is -3.03. The lowest BCUT2D eigenvalue weighted by atomic mass is 9.90. The third kappa shape index (κ3) is 5.17. The van der Waals surface area contributed by atoms with E-state index in [0.29, 0.717) is 18.7 Å². The van der Waals surface area contributed by atoms with Gasteiger partial charge in [-0.05, 0) is 36.5 Å².